The Morgan fingerprint density at radius 1 is 1.21 bits per heavy atom. The monoisotopic (exact) mass is 404 g/mol. The van der Waals surface area contributed by atoms with Gasteiger partial charge in [0.25, 0.3) is 5.91 Å². The van der Waals surface area contributed by atoms with Crippen LogP contribution in [0.1, 0.15) is 10.4 Å². The molecular weight excluding hydrogens is 388 g/mol. The number of nitrogens with zero attached hydrogens (tertiary/aromatic N) is 2. The fourth-order valence-corrected chi connectivity index (χ4v) is 3.32. The first kappa shape index (κ1) is 19.2. The number of hydrogen-bond donors (Lipinski definition) is 2. The minimum atomic E-state index is -0.741. The number of nitro groups is 1. The van der Waals surface area contributed by atoms with E-state index >= 15 is 0 Å². The Bertz CT molecular complexity index is 1020. The number of carbonyl (C=O) groups excluding carboxylic acids is 1. The molecule has 11 heteroatoms. The molecule has 0 aliphatic rings. The standard InChI is InChI=1S/C17H16N4O6S/c1-25-11-7-9(14(21(23)24)16(27-3)15(11)26-2)17(22)18-13-8-10(19-20-13)12-5-4-6-28-12/h4-8H,1-3H3,(H2,18,19,20,22). The molecule has 28 heavy (non-hydrogen) atoms. The molecule has 0 aliphatic heterocycles. The van der Waals surface area contributed by atoms with E-state index in [0.717, 1.165) is 4.88 Å². The van der Waals surface area contributed by atoms with Crippen LogP contribution in [0.3, 0.4) is 0 Å². The maximum atomic E-state index is 12.8. The first-order valence-electron chi connectivity index (χ1n) is 7.88. The van der Waals surface area contributed by atoms with Crippen molar-refractivity contribution in [1.29, 1.82) is 0 Å². The Hall–Kier alpha value is -3.60. The summed E-state index contributed by atoms with van der Waals surface area (Å²) in [5.41, 5.74) is -0.0727. The van der Waals surface area contributed by atoms with Crippen molar-refractivity contribution in [2.45, 2.75) is 0 Å². The molecule has 0 atom stereocenters. The molecule has 146 valence electrons. The van der Waals surface area contributed by atoms with Gasteiger partial charge in [0, 0.05) is 12.1 Å². The molecule has 3 rings (SSSR count). The van der Waals surface area contributed by atoms with E-state index in [1.807, 2.05) is 17.5 Å². The van der Waals surface area contributed by atoms with Gasteiger partial charge in [0.1, 0.15) is 5.56 Å². The molecular formula is C17H16N4O6S. The van der Waals surface area contributed by atoms with E-state index < -0.39 is 16.5 Å². The van der Waals surface area contributed by atoms with Crippen molar-refractivity contribution < 1.29 is 23.9 Å². The quantitative estimate of drug-likeness (QED) is 0.456. The van der Waals surface area contributed by atoms with Gasteiger partial charge in [-0.15, -0.1) is 11.3 Å². The molecule has 2 aromatic heterocycles. The van der Waals surface area contributed by atoms with Crippen molar-refractivity contribution in [1.82, 2.24) is 10.2 Å². The number of nitro benzene ring substituents is 1. The number of aromatic amines is 1. The molecule has 0 saturated heterocycles. The average molecular weight is 404 g/mol. The summed E-state index contributed by atoms with van der Waals surface area (Å²) in [6.07, 6.45) is 0. The SMILES string of the molecule is COc1cc(C(=O)Nc2cc(-c3cccs3)[nH]n2)c([N+](=O)[O-])c(OC)c1OC. The molecule has 1 amide bonds. The first-order valence-corrected chi connectivity index (χ1v) is 8.76. The number of nitrogens with one attached hydrogen (secondary N) is 2. The van der Waals surface area contributed by atoms with Gasteiger partial charge in [-0.2, -0.15) is 5.10 Å². The molecule has 2 heterocycles. The second-order valence-electron chi connectivity index (χ2n) is 5.40. The molecule has 2 N–H and O–H groups in total. The fourth-order valence-electron chi connectivity index (χ4n) is 2.62. The number of rotatable bonds is 7. The van der Waals surface area contributed by atoms with Crippen molar-refractivity contribution in [2.24, 2.45) is 0 Å². The van der Waals surface area contributed by atoms with Crippen LogP contribution in [0.5, 0.6) is 17.2 Å². The summed E-state index contributed by atoms with van der Waals surface area (Å²) in [6, 6.07) is 6.64. The minimum absolute atomic E-state index is 0.0213. The average Bonchev–Trinajstić information content (AvgIpc) is 3.37. The van der Waals surface area contributed by atoms with Crippen LogP contribution in [-0.4, -0.2) is 42.4 Å². The number of anilines is 1. The third kappa shape index (κ3) is 3.47. The third-order valence-electron chi connectivity index (χ3n) is 3.84. The highest BCUT2D eigenvalue weighted by Crippen LogP contribution is 2.46. The van der Waals surface area contributed by atoms with E-state index in [4.69, 9.17) is 14.2 Å². The molecule has 10 nitrogen and oxygen atoms in total. The summed E-state index contributed by atoms with van der Waals surface area (Å²) in [5.74, 6) is -0.589. The summed E-state index contributed by atoms with van der Waals surface area (Å²) >= 11 is 1.50. The summed E-state index contributed by atoms with van der Waals surface area (Å²) in [7, 11) is 3.92. The number of methoxy groups -OCH3 is 3. The van der Waals surface area contributed by atoms with Gasteiger partial charge in [0.2, 0.25) is 11.5 Å². The number of carbonyl (C=O) groups is 1. The largest absolute Gasteiger partial charge is 0.493 e. The van der Waals surface area contributed by atoms with Gasteiger partial charge in [-0.05, 0) is 11.4 Å². The smallest absolute Gasteiger partial charge is 0.327 e. The predicted octanol–water partition coefficient (Wildman–Crippen LogP) is 3.32. The zero-order valence-corrected chi connectivity index (χ0v) is 16.0. The summed E-state index contributed by atoms with van der Waals surface area (Å²) in [6.45, 7) is 0. The molecule has 0 unspecified atom stereocenters. The fraction of sp³-hybridized carbons (Fsp3) is 0.176. The second kappa shape index (κ2) is 7.96. The lowest BCUT2D eigenvalue weighted by molar-refractivity contribution is -0.386. The van der Waals surface area contributed by atoms with Crippen LogP contribution in [0.15, 0.2) is 29.6 Å². The normalized spacial score (nSPS) is 10.4. The van der Waals surface area contributed by atoms with E-state index in [1.165, 1.54) is 38.7 Å². The maximum absolute atomic E-state index is 12.8. The van der Waals surface area contributed by atoms with Crippen LogP contribution < -0.4 is 19.5 Å². The molecule has 1 aromatic carbocycles. The Morgan fingerprint density at radius 3 is 2.54 bits per heavy atom. The molecule has 0 saturated carbocycles. The van der Waals surface area contributed by atoms with Gasteiger partial charge in [0.15, 0.2) is 11.6 Å². The predicted molar refractivity (Wildman–Crippen MR) is 103 cm³/mol. The maximum Gasteiger partial charge on any atom is 0.327 e. The van der Waals surface area contributed by atoms with Gasteiger partial charge >= 0.3 is 5.69 Å². The number of hydrogen-bond acceptors (Lipinski definition) is 8. The lowest BCUT2D eigenvalue weighted by Gasteiger charge is -2.14. The van der Waals surface area contributed by atoms with Gasteiger partial charge in [0.05, 0.1) is 36.8 Å². The first-order chi connectivity index (χ1) is 13.5. The lowest BCUT2D eigenvalue weighted by Crippen LogP contribution is -2.15. The lowest BCUT2D eigenvalue weighted by atomic mass is 10.1. The van der Waals surface area contributed by atoms with Crippen LogP contribution in [0.4, 0.5) is 11.5 Å². The Balaban J connectivity index is 2.00. The highest BCUT2D eigenvalue weighted by molar-refractivity contribution is 7.13. The van der Waals surface area contributed by atoms with Crippen LogP contribution in [0.25, 0.3) is 10.6 Å². The topological polar surface area (TPSA) is 129 Å². The molecule has 3 aromatic rings. The van der Waals surface area contributed by atoms with Gasteiger partial charge in [-0.3, -0.25) is 20.0 Å². The van der Waals surface area contributed by atoms with E-state index in [2.05, 4.69) is 15.5 Å². The van der Waals surface area contributed by atoms with Gasteiger partial charge < -0.3 is 19.5 Å². The number of benzene rings is 1. The number of aromatic nitrogens is 2. The molecule has 0 bridgehead atoms. The second-order valence-corrected chi connectivity index (χ2v) is 6.34. The van der Waals surface area contributed by atoms with Gasteiger partial charge in [-0.1, -0.05) is 6.07 Å². The van der Waals surface area contributed by atoms with Crippen molar-refractivity contribution in [3.63, 3.8) is 0 Å². The molecule has 0 fully saturated rings. The Kier molecular flexibility index (Phi) is 5.45. The summed E-state index contributed by atoms with van der Waals surface area (Å²) in [4.78, 5) is 24.6. The number of ether oxygens (including phenoxy) is 3. The Labute approximate surface area is 163 Å². The van der Waals surface area contributed by atoms with E-state index in [1.54, 1.807) is 6.07 Å². The van der Waals surface area contributed by atoms with E-state index in [9.17, 15) is 14.9 Å². The third-order valence-corrected chi connectivity index (χ3v) is 4.74. The highest BCUT2D eigenvalue weighted by Gasteiger charge is 2.32. The van der Waals surface area contributed by atoms with Gasteiger partial charge in [-0.25, -0.2) is 0 Å². The molecule has 0 radical (unpaired) electrons. The van der Waals surface area contributed by atoms with Crippen molar-refractivity contribution in [3.05, 3.63) is 45.3 Å². The van der Waals surface area contributed by atoms with Crippen LogP contribution in [0.2, 0.25) is 0 Å². The summed E-state index contributed by atoms with van der Waals surface area (Å²) in [5, 5.41) is 22.9. The number of H-pyrrole nitrogens is 1. The van der Waals surface area contributed by atoms with Crippen LogP contribution in [0, 0.1) is 10.1 Å². The van der Waals surface area contributed by atoms with Crippen LogP contribution in [-0.2, 0) is 0 Å². The van der Waals surface area contributed by atoms with E-state index in [-0.39, 0.29) is 28.6 Å². The van der Waals surface area contributed by atoms with Crippen LogP contribution >= 0.6 is 11.3 Å². The highest BCUT2D eigenvalue weighted by atomic mass is 32.1. The van der Waals surface area contributed by atoms with Crippen molar-refractivity contribution >= 4 is 28.7 Å². The molecule has 0 aliphatic carbocycles. The zero-order chi connectivity index (χ0) is 20.3. The van der Waals surface area contributed by atoms with Crippen molar-refractivity contribution in [2.75, 3.05) is 26.6 Å². The number of thiophene rings is 1. The number of amides is 1. The molecule has 0 spiro atoms. The van der Waals surface area contributed by atoms with Crippen molar-refractivity contribution in [3.8, 4) is 27.8 Å². The zero-order valence-electron chi connectivity index (χ0n) is 15.1. The minimum Gasteiger partial charge on any atom is -0.493 e. The Morgan fingerprint density at radius 2 is 1.96 bits per heavy atom. The van der Waals surface area contributed by atoms with E-state index in [0.29, 0.717) is 5.69 Å². The summed E-state index contributed by atoms with van der Waals surface area (Å²) < 4.78 is 15.4.